The number of rotatable bonds is 6. The summed E-state index contributed by atoms with van der Waals surface area (Å²) in [5, 5.41) is 11.9. The van der Waals surface area contributed by atoms with Crippen LogP contribution in [-0.2, 0) is 11.3 Å². The standard InChI is InChI=1S/C21H24N4O2/c1-16(27-20-7-5-17(14-22)6-8-20)21(26)24-18-9-12-25(13-10-18)15-19-4-2-3-11-23-19/h2-8,11,16,18H,9-10,12-13,15H2,1H3,(H,24,26)/t16-/m1/s1. The first kappa shape index (κ1) is 18.9. The number of carbonyl (C=O) groups is 1. The van der Waals surface area contributed by atoms with Crippen LogP contribution in [0.25, 0.3) is 0 Å². The third-order valence-electron chi connectivity index (χ3n) is 4.71. The van der Waals surface area contributed by atoms with Gasteiger partial charge in [-0.2, -0.15) is 5.26 Å². The summed E-state index contributed by atoms with van der Waals surface area (Å²) in [5.74, 6) is 0.476. The Morgan fingerprint density at radius 1 is 1.30 bits per heavy atom. The molecule has 3 rings (SSSR count). The average Bonchev–Trinajstić information content (AvgIpc) is 2.71. The van der Waals surface area contributed by atoms with Gasteiger partial charge in [0.05, 0.1) is 17.3 Å². The Labute approximate surface area is 159 Å². The Morgan fingerprint density at radius 2 is 2.04 bits per heavy atom. The van der Waals surface area contributed by atoms with E-state index >= 15 is 0 Å². The van der Waals surface area contributed by atoms with Crippen LogP contribution >= 0.6 is 0 Å². The van der Waals surface area contributed by atoms with Gasteiger partial charge in [-0.25, -0.2) is 0 Å². The van der Waals surface area contributed by atoms with E-state index in [4.69, 9.17) is 10.00 Å². The van der Waals surface area contributed by atoms with Crippen LogP contribution < -0.4 is 10.1 Å². The van der Waals surface area contributed by atoms with Crippen molar-refractivity contribution in [1.29, 1.82) is 5.26 Å². The second-order valence-corrected chi connectivity index (χ2v) is 6.78. The van der Waals surface area contributed by atoms with Crippen LogP contribution in [-0.4, -0.2) is 41.0 Å². The minimum Gasteiger partial charge on any atom is -0.481 e. The number of aromatic nitrogens is 1. The van der Waals surface area contributed by atoms with E-state index in [1.54, 1.807) is 31.2 Å². The summed E-state index contributed by atoms with van der Waals surface area (Å²) in [6.45, 7) is 4.46. The lowest BCUT2D eigenvalue weighted by molar-refractivity contribution is -0.128. The summed E-state index contributed by atoms with van der Waals surface area (Å²) in [5.41, 5.74) is 1.64. The number of ether oxygens (including phenoxy) is 1. The van der Waals surface area contributed by atoms with Crippen molar-refractivity contribution in [2.24, 2.45) is 0 Å². The molecule has 1 amide bonds. The number of amides is 1. The Hall–Kier alpha value is -2.91. The van der Waals surface area contributed by atoms with Gasteiger partial charge in [0, 0.05) is 31.9 Å². The molecule has 2 heterocycles. The van der Waals surface area contributed by atoms with E-state index in [0.29, 0.717) is 11.3 Å². The van der Waals surface area contributed by atoms with Gasteiger partial charge in [0.2, 0.25) is 0 Å². The van der Waals surface area contributed by atoms with Crippen LogP contribution in [0.2, 0.25) is 0 Å². The van der Waals surface area contributed by atoms with Crippen molar-refractivity contribution in [1.82, 2.24) is 15.2 Å². The van der Waals surface area contributed by atoms with Gasteiger partial charge >= 0.3 is 0 Å². The molecule has 0 unspecified atom stereocenters. The number of benzene rings is 1. The zero-order chi connectivity index (χ0) is 19.1. The minimum atomic E-state index is -0.579. The molecular formula is C21H24N4O2. The predicted molar refractivity (Wildman–Crippen MR) is 102 cm³/mol. The maximum atomic E-state index is 12.4. The highest BCUT2D eigenvalue weighted by Gasteiger charge is 2.23. The van der Waals surface area contributed by atoms with Crippen LogP contribution in [0.5, 0.6) is 5.75 Å². The normalized spacial score (nSPS) is 16.3. The Kier molecular flexibility index (Phi) is 6.39. The third kappa shape index (κ3) is 5.53. The molecule has 0 radical (unpaired) electrons. The lowest BCUT2D eigenvalue weighted by atomic mass is 10.0. The van der Waals surface area contributed by atoms with Crippen LogP contribution in [0.1, 0.15) is 31.0 Å². The molecule has 1 aromatic heterocycles. The highest BCUT2D eigenvalue weighted by molar-refractivity contribution is 5.81. The summed E-state index contributed by atoms with van der Waals surface area (Å²) in [4.78, 5) is 19.1. The zero-order valence-electron chi connectivity index (χ0n) is 15.5. The fourth-order valence-corrected chi connectivity index (χ4v) is 3.14. The van der Waals surface area contributed by atoms with Crippen LogP contribution in [0.3, 0.4) is 0 Å². The fraction of sp³-hybridized carbons (Fsp3) is 0.381. The summed E-state index contributed by atoms with van der Waals surface area (Å²) >= 11 is 0. The summed E-state index contributed by atoms with van der Waals surface area (Å²) < 4.78 is 5.68. The zero-order valence-corrected chi connectivity index (χ0v) is 15.5. The molecule has 1 aromatic carbocycles. The molecule has 1 fully saturated rings. The highest BCUT2D eigenvalue weighted by Crippen LogP contribution is 2.15. The molecule has 0 spiro atoms. The summed E-state index contributed by atoms with van der Waals surface area (Å²) in [6.07, 6.45) is 3.08. The third-order valence-corrected chi connectivity index (χ3v) is 4.71. The van der Waals surface area contributed by atoms with Crippen LogP contribution in [0, 0.1) is 11.3 Å². The van der Waals surface area contributed by atoms with Gasteiger partial charge in [-0.1, -0.05) is 6.07 Å². The van der Waals surface area contributed by atoms with Crippen molar-refractivity contribution in [3.8, 4) is 11.8 Å². The number of hydrogen-bond acceptors (Lipinski definition) is 5. The van der Waals surface area contributed by atoms with Crippen molar-refractivity contribution in [3.63, 3.8) is 0 Å². The molecule has 1 N–H and O–H groups in total. The van der Waals surface area contributed by atoms with Crippen molar-refractivity contribution < 1.29 is 9.53 Å². The van der Waals surface area contributed by atoms with E-state index in [1.165, 1.54) is 0 Å². The largest absolute Gasteiger partial charge is 0.481 e. The number of pyridine rings is 1. The molecule has 6 nitrogen and oxygen atoms in total. The number of nitrogens with one attached hydrogen (secondary N) is 1. The van der Waals surface area contributed by atoms with Gasteiger partial charge in [-0.05, 0) is 56.2 Å². The number of nitriles is 1. The number of carbonyl (C=O) groups excluding carboxylic acids is 1. The van der Waals surface area contributed by atoms with Gasteiger partial charge in [0.15, 0.2) is 6.10 Å². The molecule has 0 saturated carbocycles. The average molecular weight is 364 g/mol. The van der Waals surface area contributed by atoms with E-state index in [1.807, 2.05) is 24.4 Å². The van der Waals surface area contributed by atoms with Crippen molar-refractivity contribution in [2.75, 3.05) is 13.1 Å². The van der Waals surface area contributed by atoms with Crippen molar-refractivity contribution in [2.45, 2.75) is 38.5 Å². The van der Waals surface area contributed by atoms with E-state index in [-0.39, 0.29) is 11.9 Å². The highest BCUT2D eigenvalue weighted by atomic mass is 16.5. The lowest BCUT2D eigenvalue weighted by Gasteiger charge is -2.32. The van der Waals surface area contributed by atoms with Gasteiger partial charge in [-0.3, -0.25) is 14.7 Å². The Bertz CT molecular complexity index is 778. The van der Waals surface area contributed by atoms with Crippen LogP contribution in [0.15, 0.2) is 48.7 Å². The van der Waals surface area contributed by atoms with Crippen molar-refractivity contribution in [3.05, 3.63) is 59.9 Å². The fourth-order valence-electron chi connectivity index (χ4n) is 3.14. The second kappa shape index (κ2) is 9.15. The molecule has 1 atom stereocenters. The van der Waals surface area contributed by atoms with E-state index in [0.717, 1.165) is 38.2 Å². The lowest BCUT2D eigenvalue weighted by Crippen LogP contribution is -2.47. The topological polar surface area (TPSA) is 78.2 Å². The molecule has 1 saturated heterocycles. The summed E-state index contributed by atoms with van der Waals surface area (Å²) in [6, 6.07) is 15.0. The van der Waals surface area contributed by atoms with Gasteiger partial charge in [-0.15, -0.1) is 0 Å². The molecule has 140 valence electrons. The Morgan fingerprint density at radius 3 is 2.67 bits per heavy atom. The number of likely N-dealkylation sites (tertiary alicyclic amines) is 1. The summed E-state index contributed by atoms with van der Waals surface area (Å²) in [7, 11) is 0. The minimum absolute atomic E-state index is 0.109. The molecule has 1 aliphatic rings. The molecule has 6 heteroatoms. The molecule has 1 aliphatic heterocycles. The molecule has 27 heavy (non-hydrogen) atoms. The monoisotopic (exact) mass is 364 g/mol. The first-order valence-corrected chi connectivity index (χ1v) is 9.23. The molecule has 0 aliphatic carbocycles. The Balaban J connectivity index is 1.42. The quantitative estimate of drug-likeness (QED) is 0.852. The smallest absolute Gasteiger partial charge is 0.260 e. The number of nitrogens with zero attached hydrogens (tertiary/aromatic N) is 3. The van der Waals surface area contributed by atoms with E-state index < -0.39 is 6.10 Å². The van der Waals surface area contributed by atoms with Crippen LogP contribution in [0.4, 0.5) is 0 Å². The van der Waals surface area contributed by atoms with E-state index in [9.17, 15) is 4.79 Å². The van der Waals surface area contributed by atoms with Crippen molar-refractivity contribution >= 4 is 5.91 Å². The maximum absolute atomic E-state index is 12.4. The molecule has 2 aromatic rings. The maximum Gasteiger partial charge on any atom is 0.260 e. The first-order chi connectivity index (χ1) is 13.1. The van der Waals surface area contributed by atoms with E-state index in [2.05, 4.69) is 21.3 Å². The van der Waals surface area contributed by atoms with Gasteiger partial charge in [0.1, 0.15) is 5.75 Å². The second-order valence-electron chi connectivity index (χ2n) is 6.78. The molecular weight excluding hydrogens is 340 g/mol. The SMILES string of the molecule is C[C@@H](Oc1ccc(C#N)cc1)C(=O)NC1CCN(Cc2ccccn2)CC1. The van der Waals surface area contributed by atoms with Gasteiger partial charge < -0.3 is 10.1 Å². The predicted octanol–water partition coefficient (Wildman–Crippen LogP) is 2.50. The number of piperidine rings is 1. The number of hydrogen-bond donors (Lipinski definition) is 1. The van der Waals surface area contributed by atoms with Gasteiger partial charge in [0.25, 0.3) is 5.91 Å². The first-order valence-electron chi connectivity index (χ1n) is 9.23. The molecule has 0 bridgehead atoms.